The van der Waals surface area contributed by atoms with Gasteiger partial charge in [0.2, 0.25) is 12.5 Å². The van der Waals surface area contributed by atoms with Gasteiger partial charge in [-0.25, -0.2) is 0 Å². The molecule has 0 saturated heterocycles. The topological polar surface area (TPSA) is 53.7 Å². The Labute approximate surface area is 107 Å². The zero-order chi connectivity index (χ0) is 12.5. The highest BCUT2D eigenvalue weighted by Crippen LogP contribution is 2.44. The standard InChI is InChI=1S/C14H19NO3/c1-16-11-6-10(7-12-14(11)18-8-17-12)13(15)9-4-2-3-5-9/h6-7,9,13H,2-5,8,15H2,1H3/t13-/m0/s1. The second-order valence-corrected chi connectivity index (χ2v) is 5.03. The molecule has 18 heavy (non-hydrogen) atoms. The molecular formula is C14H19NO3. The first kappa shape index (κ1) is 11.7. The van der Waals surface area contributed by atoms with Gasteiger partial charge in [-0.1, -0.05) is 12.8 Å². The summed E-state index contributed by atoms with van der Waals surface area (Å²) in [7, 11) is 1.64. The van der Waals surface area contributed by atoms with Crippen molar-refractivity contribution in [3.05, 3.63) is 17.7 Å². The number of rotatable bonds is 3. The molecule has 1 aliphatic heterocycles. The number of hydrogen-bond acceptors (Lipinski definition) is 4. The normalized spacial score (nSPS) is 20.1. The van der Waals surface area contributed by atoms with Crippen LogP contribution in [0.15, 0.2) is 12.1 Å². The molecule has 0 radical (unpaired) electrons. The van der Waals surface area contributed by atoms with Crippen molar-refractivity contribution in [1.29, 1.82) is 0 Å². The van der Waals surface area contributed by atoms with Crippen LogP contribution >= 0.6 is 0 Å². The number of benzene rings is 1. The zero-order valence-electron chi connectivity index (χ0n) is 10.6. The summed E-state index contributed by atoms with van der Waals surface area (Å²) in [6.45, 7) is 0.258. The minimum Gasteiger partial charge on any atom is -0.493 e. The fourth-order valence-corrected chi connectivity index (χ4v) is 2.93. The van der Waals surface area contributed by atoms with E-state index in [9.17, 15) is 0 Å². The lowest BCUT2D eigenvalue weighted by atomic mass is 9.92. The van der Waals surface area contributed by atoms with Gasteiger partial charge in [0, 0.05) is 6.04 Å². The van der Waals surface area contributed by atoms with E-state index >= 15 is 0 Å². The van der Waals surface area contributed by atoms with Gasteiger partial charge in [0.1, 0.15) is 0 Å². The summed E-state index contributed by atoms with van der Waals surface area (Å²) in [6.07, 6.45) is 5.02. The van der Waals surface area contributed by atoms with Crippen molar-refractivity contribution >= 4 is 0 Å². The summed E-state index contributed by atoms with van der Waals surface area (Å²) in [5.41, 5.74) is 7.45. The lowest BCUT2D eigenvalue weighted by Crippen LogP contribution is -2.19. The predicted octanol–water partition coefficient (Wildman–Crippen LogP) is 2.61. The van der Waals surface area contributed by atoms with Gasteiger partial charge in [-0.2, -0.15) is 0 Å². The number of fused-ring (bicyclic) bond motifs is 1. The maximum Gasteiger partial charge on any atom is 0.231 e. The smallest absolute Gasteiger partial charge is 0.231 e. The molecular weight excluding hydrogens is 230 g/mol. The molecule has 1 aromatic carbocycles. The monoisotopic (exact) mass is 249 g/mol. The molecule has 1 atom stereocenters. The molecule has 0 amide bonds. The Morgan fingerprint density at radius 3 is 2.78 bits per heavy atom. The molecule has 4 heteroatoms. The third-order valence-corrected chi connectivity index (χ3v) is 3.97. The average Bonchev–Trinajstić information content (AvgIpc) is 3.07. The first-order valence-electron chi connectivity index (χ1n) is 6.52. The van der Waals surface area contributed by atoms with Crippen LogP contribution in [0.3, 0.4) is 0 Å². The number of ether oxygens (including phenoxy) is 3. The highest BCUT2D eigenvalue weighted by Gasteiger charge is 2.27. The molecule has 1 saturated carbocycles. The minimum absolute atomic E-state index is 0.0656. The molecule has 3 rings (SSSR count). The molecule has 0 unspecified atom stereocenters. The lowest BCUT2D eigenvalue weighted by Gasteiger charge is -2.20. The summed E-state index contributed by atoms with van der Waals surface area (Å²) in [6, 6.07) is 4.04. The van der Waals surface area contributed by atoms with Crippen LogP contribution in [0.2, 0.25) is 0 Å². The number of nitrogens with two attached hydrogens (primary N) is 1. The van der Waals surface area contributed by atoms with E-state index in [4.69, 9.17) is 19.9 Å². The Balaban J connectivity index is 1.92. The van der Waals surface area contributed by atoms with E-state index in [1.54, 1.807) is 7.11 Å². The molecule has 4 nitrogen and oxygen atoms in total. The molecule has 98 valence electrons. The maximum atomic E-state index is 6.37. The van der Waals surface area contributed by atoms with E-state index in [2.05, 4.69) is 0 Å². The van der Waals surface area contributed by atoms with Crippen LogP contribution in [0.5, 0.6) is 17.2 Å². The van der Waals surface area contributed by atoms with Gasteiger partial charge in [0.15, 0.2) is 11.5 Å². The molecule has 2 N–H and O–H groups in total. The molecule has 0 spiro atoms. The SMILES string of the molecule is COc1cc([C@@H](N)C2CCCC2)cc2c1OCO2. The molecule has 0 bridgehead atoms. The average molecular weight is 249 g/mol. The predicted molar refractivity (Wildman–Crippen MR) is 68.0 cm³/mol. The molecule has 1 aromatic rings. The van der Waals surface area contributed by atoms with E-state index in [1.165, 1.54) is 25.7 Å². The van der Waals surface area contributed by atoms with E-state index in [0.717, 1.165) is 11.3 Å². The van der Waals surface area contributed by atoms with Gasteiger partial charge in [0.05, 0.1) is 7.11 Å². The molecule has 2 aliphatic rings. The van der Waals surface area contributed by atoms with E-state index in [0.29, 0.717) is 17.4 Å². The number of hydrogen-bond donors (Lipinski definition) is 1. The maximum absolute atomic E-state index is 6.37. The van der Waals surface area contributed by atoms with Gasteiger partial charge >= 0.3 is 0 Å². The highest BCUT2D eigenvalue weighted by atomic mass is 16.7. The fourth-order valence-electron chi connectivity index (χ4n) is 2.93. The van der Waals surface area contributed by atoms with Gasteiger partial charge < -0.3 is 19.9 Å². The molecule has 1 fully saturated rings. The van der Waals surface area contributed by atoms with E-state index < -0.39 is 0 Å². The van der Waals surface area contributed by atoms with Crippen LogP contribution in [-0.4, -0.2) is 13.9 Å². The molecule has 1 heterocycles. The quantitative estimate of drug-likeness (QED) is 0.894. The van der Waals surface area contributed by atoms with E-state index in [-0.39, 0.29) is 12.8 Å². The summed E-state index contributed by atoms with van der Waals surface area (Å²) >= 11 is 0. The van der Waals surface area contributed by atoms with Crippen molar-refractivity contribution < 1.29 is 14.2 Å². The van der Waals surface area contributed by atoms with Crippen LogP contribution in [0.1, 0.15) is 37.3 Å². The largest absolute Gasteiger partial charge is 0.493 e. The molecule has 1 aliphatic carbocycles. The van der Waals surface area contributed by atoms with Crippen molar-refractivity contribution in [1.82, 2.24) is 0 Å². The fraction of sp³-hybridized carbons (Fsp3) is 0.571. The van der Waals surface area contributed by atoms with Crippen molar-refractivity contribution in [2.45, 2.75) is 31.7 Å². The van der Waals surface area contributed by atoms with Crippen LogP contribution < -0.4 is 19.9 Å². The second-order valence-electron chi connectivity index (χ2n) is 5.03. The second kappa shape index (κ2) is 4.69. The third-order valence-electron chi connectivity index (χ3n) is 3.97. The summed E-state index contributed by atoms with van der Waals surface area (Å²) in [5, 5.41) is 0. The van der Waals surface area contributed by atoms with Crippen LogP contribution in [0.4, 0.5) is 0 Å². The first-order valence-corrected chi connectivity index (χ1v) is 6.52. The zero-order valence-corrected chi connectivity index (χ0v) is 10.6. The number of methoxy groups -OCH3 is 1. The van der Waals surface area contributed by atoms with Crippen LogP contribution in [-0.2, 0) is 0 Å². The Hall–Kier alpha value is -1.42. The van der Waals surface area contributed by atoms with Crippen molar-refractivity contribution in [2.24, 2.45) is 11.7 Å². The first-order chi connectivity index (χ1) is 8.79. The van der Waals surface area contributed by atoms with Gasteiger partial charge in [-0.05, 0) is 36.5 Å². The van der Waals surface area contributed by atoms with Gasteiger partial charge in [-0.15, -0.1) is 0 Å². The Kier molecular flexibility index (Phi) is 3.04. The molecule has 0 aromatic heterocycles. The van der Waals surface area contributed by atoms with Crippen molar-refractivity contribution in [3.63, 3.8) is 0 Å². The third kappa shape index (κ3) is 1.90. The van der Waals surface area contributed by atoms with Crippen molar-refractivity contribution in [3.8, 4) is 17.2 Å². The van der Waals surface area contributed by atoms with Crippen molar-refractivity contribution in [2.75, 3.05) is 13.9 Å². The van der Waals surface area contributed by atoms with Crippen LogP contribution in [0.25, 0.3) is 0 Å². The lowest BCUT2D eigenvalue weighted by molar-refractivity contribution is 0.171. The van der Waals surface area contributed by atoms with Gasteiger partial charge in [0.25, 0.3) is 0 Å². The Morgan fingerprint density at radius 1 is 1.28 bits per heavy atom. The summed E-state index contributed by atoms with van der Waals surface area (Å²) in [4.78, 5) is 0. The summed E-state index contributed by atoms with van der Waals surface area (Å²) < 4.78 is 16.2. The van der Waals surface area contributed by atoms with E-state index in [1.807, 2.05) is 12.1 Å². The van der Waals surface area contributed by atoms with Crippen LogP contribution in [0, 0.1) is 5.92 Å². The summed E-state index contributed by atoms with van der Waals surface area (Å²) in [5.74, 6) is 2.74. The van der Waals surface area contributed by atoms with Gasteiger partial charge in [-0.3, -0.25) is 0 Å². The Morgan fingerprint density at radius 2 is 2.06 bits per heavy atom. The Bertz CT molecular complexity index is 441. The highest BCUT2D eigenvalue weighted by molar-refractivity contribution is 5.55. The minimum atomic E-state index is 0.0656.